The van der Waals surface area contributed by atoms with E-state index in [1.165, 1.54) is 18.4 Å². The van der Waals surface area contributed by atoms with Crippen molar-refractivity contribution in [1.29, 1.82) is 0 Å². The van der Waals surface area contributed by atoms with Gasteiger partial charge in [-0.15, -0.1) is 0 Å². The SMILES string of the molecule is CCC(CC)C(NN)c1cccc(OC2CC2)c1. The summed E-state index contributed by atoms with van der Waals surface area (Å²) in [5.74, 6) is 7.26. The largest absolute Gasteiger partial charge is 0.490 e. The number of hydrazine groups is 1. The molecule has 1 atom stereocenters. The van der Waals surface area contributed by atoms with Crippen LogP contribution in [0.15, 0.2) is 24.3 Å². The van der Waals surface area contributed by atoms with E-state index in [1.807, 2.05) is 6.07 Å². The average Bonchev–Trinajstić information content (AvgIpc) is 3.20. The van der Waals surface area contributed by atoms with Gasteiger partial charge in [-0.25, -0.2) is 0 Å². The minimum Gasteiger partial charge on any atom is -0.490 e. The molecule has 3 nitrogen and oxygen atoms in total. The Morgan fingerprint density at radius 2 is 2.06 bits per heavy atom. The first kappa shape index (κ1) is 13.4. The molecule has 1 saturated carbocycles. The molecule has 0 aliphatic heterocycles. The smallest absolute Gasteiger partial charge is 0.120 e. The zero-order valence-electron chi connectivity index (χ0n) is 11.4. The van der Waals surface area contributed by atoms with E-state index in [1.54, 1.807) is 0 Å². The predicted molar refractivity (Wildman–Crippen MR) is 74.2 cm³/mol. The van der Waals surface area contributed by atoms with Gasteiger partial charge in [-0.3, -0.25) is 11.3 Å². The number of nitrogens with two attached hydrogens (primary N) is 1. The Kier molecular flexibility index (Phi) is 4.61. The van der Waals surface area contributed by atoms with Gasteiger partial charge in [-0.05, 0) is 36.5 Å². The Hall–Kier alpha value is -1.06. The zero-order chi connectivity index (χ0) is 13.0. The third kappa shape index (κ3) is 3.24. The first-order chi connectivity index (χ1) is 8.78. The maximum atomic E-state index is 5.84. The Morgan fingerprint density at radius 1 is 1.33 bits per heavy atom. The minimum atomic E-state index is 0.211. The third-order valence-corrected chi connectivity index (χ3v) is 3.74. The maximum absolute atomic E-state index is 5.84. The molecule has 0 spiro atoms. The second-order valence-electron chi connectivity index (χ2n) is 5.11. The highest BCUT2D eigenvalue weighted by Crippen LogP contribution is 2.31. The van der Waals surface area contributed by atoms with Crippen molar-refractivity contribution in [3.63, 3.8) is 0 Å². The molecule has 3 heteroatoms. The van der Waals surface area contributed by atoms with Gasteiger partial charge in [0.25, 0.3) is 0 Å². The van der Waals surface area contributed by atoms with Crippen LogP contribution in [0, 0.1) is 5.92 Å². The van der Waals surface area contributed by atoms with Crippen LogP contribution >= 0.6 is 0 Å². The molecule has 18 heavy (non-hydrogen) atoms. The van der Waals surface area contributed by atoms with Crippen molar-refractivity contribution in [2.45, 2.75) is 51.7 Å². The van der Waals surface area contributed by atoms with Gasteiger partial charge in [0.2, 0.25) is 0 Å². The summed E-state index contributed by atoms with van der Waals surface area (Å²) in [5, 5.41) is 0. The van der Waals surface area contributed by atoms with Crippen LogP contribution in [0.5, 0.6) is 5.75 Å². The molecule has 1 unspecified atom stereocenters. The van der Waals surface area contributed by atoms with Gasteiger partial charge >= 0.3 is 0 Å². The third-order valence-electron chi connectivity index (χ3n) is 3.74. The molecule has 0 aromatic heterocycles. The first-order valence-corrected chi connectivity index (χ1v) is 7.01. The predicted octanol–water partition coefficient (Wildman–Crippen LogP) is 3.17. The van der Waals surface area contributed by atoms with Crippen LogP contribution < -0.4 is 16.0 Å². The lowest BCUT2D eigenvalue weighted by molar-refractivity contribution is 0.300. The lowest BCUT2D eigenvalue weighted by atomic mass is 9.89. The molecule has 1 aromatic carbocycles. The Labute approximate surface area is 110 Å². The molecule has 3 N–H and O–H groups in total. The topological polar surface area (TPSA) is 47.3 Å². The van der Waals surface area contributed by atoms with Crippen molar-refractivity contribution >= 4 is 0 Å². The number of nitrogens with one attached hydrogen (secondary N) is 1. The van der Waals surface area contributed by atoms with Gasteiger partial charge < -0.3 is 4.74 Å². The van der Waals surface area contributed by atoms with Crippen LogP contribution in [-0.4, -0.2) is 6.10 Å². The van der Waals surface area contributed by atoms with Crippen LogP contribution in [0.1, 0.15) is 51.1 Å². The Morgan fingerprint density at radius 3 is 2.61 bits per heavy atom. The summed E-state index contributed by atoms with van der Waals surface area (Å²) >= 11 is 0. The highest BCUT2D eigenvalue weighted by molar-refractivity contribution is 5.31. The summed E-state index contributed by atoms with van der Waals surface area (Å²) in [6.45, 7) is 4.42. The summed E-state index contributed by atoms with van der Waals surface area (Å²) < 4.78 is 5.84. The molecular weight excluding hydrogens is 224 g/mol. The van der Waals surface area contributed by atoms with E-state index in [-0.39, 0.29) is 6.04 Å². The van der Waals surface area contributed by atoms with Gasteiger partial charge in [-0.1, -0.05) is 38.8 Å². The quantitative estimate of drug-likeness (QED) is 0.575. The number of hydrogen-bond acceptors (Lipinski definition) is 3. The van der Waals surface area contributed by atoms with Crippen LogP contribution in [-0.2, 0) is 0 Å². The molecule has 0 saturated heterocycles. The Bertz CT molecular complexity index is 373. The standard InChI is InChI=1S/C15H24N2O/c1-3-11(4-2)15(17-16)12-6-5-7-14(10-12)18-13-8-9-13/h5-7,10-11,13,15,17H,3-4,8-9,16H2,1-2H3. The molecule has 1 aliphatic carbocycles. The fourth-order valence-corrected chi connectivity index (χ4v) is 2.42. The summed E-state index contributed by atoms with van der Waals surface area (Å²) in [6, 6.07) is 8.55. The average molecular weight is 248 g/mol. The second kappa shape index (κ2) is 6.21. The van der Waals surface area contributed by atoms with Crippen molar-refractivity contribution in [3.05, 3.63) is 29.8 Å². The van der Waals surface area contributed by atoms with E-state index in [2.05, 4.69) is 37.5 Å². The van der Waals surface area contributed by atoms with Crippen molar-refractivity contribution in [2.24, 2.45) is 11.8 Å². The van der Waals surface area contributed by atoms with E-state index >= 15 is 0 Å². The molecule has 1 aliphatic rings. The van der Waals surface area contributed by atoms with E-state index in [0.717, 1.165) is 18.6 Å². The monoisotopic (exact) mass is 248 g/mol. The summed E-state index contributed by atoms with van der Waals surface area (Å²) in [5.41, 5.74) is 4.19. The first-order valence-electron chi connectivity index (χ1n) is 7.01. The molecule has 1 fully saturated rings. The molecule has 0 bridgehead atoms. The molecule has 1 aromatic rings. The van der Waals surface area contributed by atoms with Crippen LogP contribution in [0.3, 0.4) is 0 Å². The molecule has 0 radical (unpaired) electrons. The van der Waals surface area contributed by atoms with Gasteiger partial charge in [-0.2, -0.15) is 0 Å². The maximum Gasteiger partial charge on any atom is 0.120 e. The van der Waals surface area contributed by atoms with Gasteiger partial charge in [0, 0.05) is 6.04 Å². The molecule has 0 heterocycles. The Balaban J connectivity index is 2.13. The number of hydrogen-bond donors (Lipinski definition) is 2. The van der Waals surface area contributed by atoms with Crippen molar-refractivity contribution in [1.82, 2.24) is 5.43 Å². The molecule has 0 amide bonds. The molecular formula is C15H24N2O. The molecule has 2 rings (SSSR count). The van der Waals surface area contributed by atoms with Gasteiger partial charge in [0.15, 0.2) is 0 Å². The van der Waals surface area contributed by atoms with Crippen LogP contribution in [0.25, 0.3) is 0 Å². The lowest BCUT2D eigenvalue weighted by Gasteiger charge is -2.25. The highest BCUT2D eigenvalue weighted by Gasteiger charge is 2.24. The second-order valence-corrected chi connectivity index (χ2v) is 5.11. The van der Waals surface area contributed by atoms with E-state index < -0.39 is 0 Å². The minimum absolute atomic E-state index is 0.211. The van der Waals surface area contributed by atoms with Crippen LogP contribution in [0.2, 0.25) is 0 Å². The number of benzene rings is 1. The van der Waals surface area contributed by atoms with Crippen molar-refractivity contribution in [3.8, 4) is 5.75 Å². The molecule has 100 valence electrons. The number of rotatable bonds is 7. The highest BCUT2D eigenvalue weighted by atomic mass is 16.5. The van der Waals surface area contributed by atoms with Crippen LogP contribution in [0.4, 0.5) is 0 Å². The van der Waals surface area contributed by atoms with Gasteiger partial charge in [0.05, 0.1) is 6.10 Å². The van der Waals surface area contributed by atoms with E-state index in [4.69, 9.17) is 10.6 Å². The fraction of sp³-hybridized carbons (Fsp3) is 0.600. The fourth-order valence-electron chi connectivity index (χ4n) is 2.42. The summed E-state index contributed by atoms with van der Waals surface area (Å²) in [7, 11) is 0. The normalized spacial score (nSPS) is 16.9. The van der Waals surface area contributed by atoms with Gasteiger partial charge in [0.1, 0.15) is 5.75 Å². The summed E-state index contributed by atoms with van der Waals surface area (Å²) in [6.07, 6.45) is 5.07. The zero-order valence-corrected chi connectivity index (χ0v) is 11.4. The van der Waals surface area contributed by atoms with Crippen molar-refractivity contribution in [2.75, 3.05) is 0 Å². The van der Waals surface area contributed by atoms with E-state index in [9.17, 15) is 0 Å². The van der Waals surface area contributed by atoms with E-state index in [0.29, 0.717) is 12.0 Å². The number of ether oxygens (including phenoxy) is 1. The lowest BCUT2D eigenvalue weighted by Crippen LogP contribution is -2.33. The van der Waals surface area contributed by atoms with Crippen molar-refractivity contribution < 1.29 is 4.74 Å². The summed E-state index contributed by atoms with van der Waals surface area (Å²) in [4.78, 5) is 0.